The van der Waals surface area contributed by atoms with E-state index in [0.29, 0.717) is 5.75 Å². The Bertz CT molecular complexity index is 708. The molecule has 0 radical (unpaired) electrons. The Morgan fingerprint density at radius 2 is 1.44 bits per heavy atom. The number of thiol groups is 1. The second-order valence-electron chi connectivity index (χ2n) is 6.70. The van der Waals surface area contributed by atoms with Crippen LogP contribution in [0, 0.1) is 0 Å². The highest BCUT2D eigenvalue weighted by molar-refractivity contribution is 7.98. The number of rotatable bonds is 16. The second-order valence-corrected chi connectivity index (χ2v) is 8.05. The number of carboxylic acids is 2. The van der Waals surface area contributed by atoms with Crippen LogP contribution in [0.1, 0.15) is 25.7 Å². The first-order chi connectivity index (χ1) is 14.9. The summed E-state index contributed by atoms with van der Waals surface area (Å²) in [6, 6.07) is -5.08. The largest absolute Gasteiger partial charge is 0.481 e. The third kappa shape index (κ3) is 11.8. The lowest BCUT2D eigenvalue weighted by molar-refractivity contribution is -0.143. The highest BCUT2D eigenvalue weighted by Crippen LogP contribution is 2.04. The van der Waals surface area contributed by atoms with E-state index in [1.54, 1.807) is 6.26 Å². The van der Waals surface area contributed by atoms with Crippen molar-refractivity contribution in [3.8, 4) is 0 Å². The number of carboxylic acid groups (broad SMARTS) is 2. The molecule has 4 unspecified atom stereocenters. The molecule has 0 rings (SSSR count). The fraction of sp³-hybridized carbons (Fsp3) is 0.647. The van der Waals surface area contributed by atoms with Crippen LogP contribution in [-0.2, 0) is 28.8 Å². The molecular formula is C17H29N5O8S2. The van der Waals surface area contributed by atoms with Gasteiger partial charge in [0.15, 0.2) is 0 Å². The number of aliphatic carboxylic acids is 2. The van der Waals surface area contributed by atoms with Gasteiger partial charge in [-0.1, -0.05) is 0 Å². The van der Waals surface area contributed by atoms with Gasteiger partial charge in [0.2, 0.25) is 23.6 Å². The van der Waals surface area contributed by atoms with E-state index in [1.807, 2.05) is 0 Å². The van der Waals surface area contributed by atoms with Gasteiger partial charge in [-0.05, 0) is 24.9 Å². The fourth-order valence-corrected chi connectivity index (χ4v) is 3.09. The number of carbonyl (C=O) groups is 6. The zero-order valence-corrected chi connectivity index (χ0v) is 19.1. The van der Waals surface area contributed by atoms with Crippen molar-refractivity contribution >= 4 is 60.0 Å². The molecule has 13 nitrogen and oxygen atoms in total. The van der Waals surface area contributed by atoms with Gasteiger partial charge in [-0.15, -0.1) is 0 Å². The number of thioether (sulfide) groups is 1. The normalized spacial score (nSPS) is 14.3. The highest BCUT2D eigenvalue weighted by Gasteiger charge is 2.30. The first-order valence-corrected chi connectivity index (χ1v) is 11.4. The summed E-state index contributed by atoms with van der Waals surface area (Å²) in [5.74, 6) is -5.59. The highest BCUT2D eigenvalue weighted by atomic mass is 32.2. The predicted molar refractivity (Wildman–Crippen MR) is 119 cm³/mol. The Labute approximate surface area is 194 Å². The van der Waals surface area contributed by atoms with Gasteiger partial charge in [-0.3, -0.25) is 24.0 Å². The lowest BCUT2D eigenvalue weighted by Crippen LogP contribution is -2.58. The number of hydrogen-bond acceptors (Lipinski definition) is 9. The molecule has 0 spiro atoms. The van der Waals surface area contributed by atoms with Crippen LogP contribution in [0.15, 0.2) is 0 Å². The lowest BCUT2D eigenvalue weighted by atomic mass is 10.1. The molecule has 0 aromatic rings. The lowest BCUT2D eigenvalue weighted by Gasteiger charge is -2.24. The molecule has 0 aliphatic carbocycles. The fourth-order valence-electron chi connectivity index (χ4n) is 2.36. The van der Waals surface area contributed by atoms with Gasteiger partial charge in [-0.2, -0.15) is 24.4 Å². The van der Waals surface area contributed by atoms with Gasteiger partial charge in [0.25, 0.3) is 0 Å². The summed E-state index contributed by atoms with van der Waals surface area (Å²) in [4.78, 5) is 70.1. The van der Waals surface area contributed by atoms with E-state index >= 15 is 0 Å². The van der Waals surface area contributed by atoms with Crippen LogP contribution >= 0.6 is 24.4 Å². The Hall–Kier alpha value is -2.52. The zero-order chi connectivity index (χ0) is 24.8. The van der Waals surface area contributed by atoms with Crippen LogP contribution in [0.2, 0.25) is 0 Å². The summed E-state index contributed by atoms with van der Waals surface area (Å²) in [6.07, 6.45) is 0.705. The third-order valence-corrected chi connectivity index (χ3v) is 5.09. The molecule has 0 heterocycles. The van der Waals surface area contributed by atoms with Crippen LogP contribution in [-0.4, -0.2) is 87.7 Å². The first-order valence-electron chi connectivity index (χ1n) is 9.42. The van der Waals surface area contributed by atoms with E-state index in [-0.39, 0.29) is 18.6 Å². The van der Waals surface area contributed by atoms with Crippen LogP contribution < -0.4 is 27.4 Å². The summed E-state index contributed by atoms with van der Waals surface area (Å²) in [5.41, 5.74) is 10.6. The Kier molecular flexibility index (Phi) is 14.1. The van der Waals surface area contributed by atoms with Crippen LogP contribution in [0.3, 0.4) is 0 Å². The number of nitrogens with one attached hydrogen (secondary N) is 3. The van der Waals surface area contributed by atoms with E-state index in [1.165, 1.54) is 11.8 Å². The maximum atomic E-state index is 12.7. The van der Waals surface area contributed by atoms with Crippen LogP contribution in [0.25, 0.3) is 0 Å². The van der Waals surface area contributed by atoms with Crippen molar-refractivity contribution in [3.63, 3.8) is 0 Å². The topological polar surface area (TPSA) is 231 Å². The molecular weight excluding hydrogens is 466 g/mol. The number of primary amides is 1. The van der Waals surface area contributed by atoms with Gasteiger partial charge in [0.05, 0.1) is 12.5 Å². The predicted octanol–water partition coefficient (Wildman–Crippen LogP) is -2.72. The van der Waals surface area contributed by atoms with Crippen molar-refractivity contribution in [2.45, 2.75) is 49.9 Å². The maximum Gasteiger partial charge on any atom is 0.326 e. The molecule has 0 saturated carbocycles. The van der Waals surface area contributed by atoms with Gasteiger partial charge < -0.3 is 37.6 Å². The van der Waals surface area contributed by atoms with Crippen molar-refractivity contribution < 1.29 is 39.0 Å². The van der Waals surface area contributed by atoms with Crippen molar-refractivity contribution in [3.05, 3.63) is 0 Å². The van der Waals surface area contributed by atoms with Crippen molar-refractivity contribution in [2.24, 2.45) is 11.5 Å². The minimum atomic E-state index is -1.48. The number of carbonyl (C=O) groups excluding carboxylic acids is 4. The Balaban J connectivity index is 5.20. The van der Waals surface area contributed by atoms with Crippen LogP contribution in [0.5, 0.6) is 0 Å². The molecule has 4 amide bonds. The quantitative estimate of drug-likeness (QED) is 0.103. The molecule has 0 aromatic carbocycles. The second kappa shape index (κ2) is 15.3. The van der Waals surface area contributed by atoms with Gasteiger partial charge in [-0.25, -0.2) is 4.79 Å². The van der Waals surface area contributed by atoms with E-state index in [2.05, 4.69) is 28.6 Å². The molecule has 0 aliphatic heterocycles. The smallest absolute Gasteiger partial charge is 0.326 e. The van der Waals surface area contributed by atoms with E-state index in [4.69, 9.17) is 21.7 Å². The van der Waals surface area contributed by atoms with Crippen molar-refractivity contribution in [1.82, 2.24) is 16.0 Å². The Morgan fingerprint density at radius 3 is 1.91 bits per heavy atom. The van der Waals surface area contributed by atoms with Crippen molar-refractivity contribution in [1.29, 1.82) is 0 Å². The molecule has 15 heteroatoms. The SMILES string of the molecule is CSCCC(NC(=O)C(N)CC(N)=O)C(=O)NC(CS)C(=O)NC(CCC(=O)O)C(=O)O. The van der Waals surface area contributed by atoms with Gasteiger partial charge >= 0.3 is 11.9 Å². The average molecular weight is 496 g/mol. The first kappa shape index (κ1) is 29.5. The molecule has 4 atom stereocenters. The summed E-state index contributed by atoms with van der Waals surface area (Å²) in [7, 11) is 0. The number of amides is 4. The minimum absolute atomic E-state index is 0.180. The average Bonchev–Trinajstić information content (AvgIpc) is 2.70. The van der Waals surface area contributed by atoms with E-state index < -0.39 is 72.6 Å². The Morgan fingerprint density at radius 1 is 0.906 bits per heavy atom. The number of nitrogens with two attached hydrogens (primary N) is 2. The standard InChI is InChI=1S/C17H29N5O8S2/c1-32-5-4-9(20-14(26)8(18)6-12(19)23)15(27)22-11(7-31)16(28)21-10(17(29)30)2-3-13(24)25/h8-11,31H,2-7,18H2,1H3,(H2,19,23)(H,20,26)(H,21,28)(H,22,27)(H,24,25)(H,29,30). The molecule has 0 saturated heterocycles. The van der Waals surface area contributed by atoms with Crippen LogP contribution in [0.4, 0.5) is 0 Å². The van der Waals surface area contributed by atoms with Crippen molar-refractivity contribution in [2.75, 3.05) is 17.8 Å². The monoisotopic (exact) mass is 495 g/mol. The minimum Gasteiger partial charge on any atom is -0.481 e. The summed E-state index contributed by atoms with van der Waals surface area (Å²) in [6.45, 7) is 0. The molecule has 0 aliphatic rings. The maximum absolute atomic E-state index is 12.7. The van der Waals surface area contributed by atoms with Gasteiger partial charge in [0.1, 0.15) is 18.1 Å². The summed E-state index contributed by atoms with van der Waals surface area (Å²) >= 11 is 5.39. The third-order valence-electron chi connectivity index (χ3n) is 4.08. The van der Waals surface area contributed by atoms with E-state index in [0.717, 1.165) is 0 Å². The molecule has 182 valence electrons. The molecule has 0 fully saturated rings. The molecule has 32 heavy (non-hydrogen) atoms. The summed E-state index contributed by atoms with van der Waals surface area (Å²) in [5, 5.41) is 24.8. The molecule has 0 bridgehead atoms. The molecule has 9 N–H and O–H groups in total. The summed E-state index contributed by atoms with van der Waals surface area (Å²) < 4.78 is 0. The zero-order valence-electron chi connectivity index (χ0n) is 17.4. The van der Waals surface area contributed by atoms with E-state index in [9.17, 15) is 28.8 Å². The molecule has 0 aromatic heterocycles. The van der Waals surface area contributed by atoms with Gasteiger partial charge in [0, 0.05) is 12.2 Å². The number of hydrogen-bond donors (Lipinski definition) is 8.